The van der Waals surface area contributed by atoms with E-state index in [4.69, 9.17) is 5.73 Å². The first-order valence-electron chi connectivity index (χ1n) is 4.42. The lowest BCUT2D eigenvalue weighted by molar-refractivity contribution is -0.386. The zero-order valence-electron chi connectivity index (χ0n) is 7.94. The number of benzene rings is 1. The fourth-order valence-electron chi connectivity index (χ4n) is 1.23. The van der Waals surface area contributed by atoms with Crippen LogP contribution in [0.1, 0.15) is 12.0 Å². The van der Waals surface area contributed by atoms with E-state index >= 15 is 0 Å². The normalized spacial score (nSPS) is 10.3. The largest absolute Gasteiger partial charge is 0.501 e. The second kappa shape index (κ2) is 5.09. The minimum atomic E-state index is -0.605. The van der Waals surface area contributed by atoms with Gasteiger partial charge in [0, 0.05) is 6.07 Å². The van der Waals surface area contributed by atoms with Gasteiger partial charge in [0.25, 0.3) is 0 Å². The lowest BCUT2D eigenvalue weighted by Crippen LogP contribution is -2.01. The van der Waals surface area contributed by atoms with E-state index in [1.165, 1.54) is 6.07 Å². The van der Waals surface area contributed by atoms with Gasteiger partial charge in [-0.25, -0.2) is 0 Å². The molecule has 1 rings (SSSR count). The Balaban J connectivity index is 3.06. The van der Waals surface area contributed by atoms with Crippen molar-refractivity contribution in [3.8, 4) is 5.75 Å². The Morgan fingerprint density at radius 1 is 1.53 bits per heavy atom. The molecule has 3 N–H and O–H groups in total. The number of nitro benzene ring substituents is 1. The maximum Gasteiger partial charge on any atom is 0.312 e. The molecule has 0 atom stereocenters. The number of halogens is 1. The molecule has 0 amide bonds. The molecular weight excluding hydrogens is 264 g/mol. The van der Waals surface area contributed by atoms with Crippen molar-refractivity contribution < 1.29 is 10.0 Å². The molecule has 0 saturated carbocycles. The van der Waals surface area contributed by atoms with Gasteiger partial charge in [-0.2, -0.15) is 0 Å². The summed E-state index contributed by atoms with van der Waals surface area (Å²) in [4.78, 5) is 9.99. The molecular formula is C9H11BrN2O3. The van der Waals surface area contributed by atoms with Crippen LogP contribution in [0.5, 0.6) is 5.75 Å². The minimum absolute atomic E-state index is 0.281. The molecule has 0 saturated heterocycles. The van der Waals surface area contributed by atoms with Crippen molar-refractivity contribution in [2.45, 2.75) is 12.8 Å². The Morgan fingerprint density at radius 3 is 2.73 bits per heavy atom. The van der Waals surface area contributed by atoms with E-state index in [0.29, 0.717) is 17.4 Å². The molecule has 0 aliphatic heterocycles. The summed E-state index contributed by atoms with van der Waals surface area (Å²) >= 11 is 3.07. The Kier molecular flexibility index (Phi) is 4.05. The number of phenolic OH excluding ortho intramolecular Hbond substituents is 1. The van der Waals surface area contributed by atoms with Crippen LogP contribution in [-0.4, -0.2) is 16.6 Å². The summed E-state index contributed by atoms with van der Waals surface area (Å²) in [5.41, 5.74) is 5.85. The van der Waals surface area contributed by atoms with E-state index in [1.807, 2.05) is 0 Å². The van der Waals surface area contributed by atoms with Crippen LogP contribution in [0.15, 0.2) is 16.6 Å². The molecule has 0 aromatic heterocycles. The molecule has 1 aromatic carbocycles. The molecule has 0 radical (unpaired) electrons. The van der Waals surface area contributed by atoms with Crippen molar-refractivity contribution in [2.24, 2.45) is 5.73 Å². The molecule has 0 aliphatic rings. The van der Waals surface area contributed by atoms with Crippen LogP contribution in [0.3, 0.4) is 0 Å². The average molecular weight is 275 g/mol. The molecule has 5 nitrogen and oxygen atoms in total. The minimum Gasteiger partial charge on any atom is -0.501 e. The second-order valence-corrected chi connectivity index (χ2v) is 3.95. The van der Waals surface area contributed by atoms with E-state index in [-0.39, 0.29) is 11.4 Å². The zero-order chi connectivity index (χ0) is 11.4. The van der Waals surface area contributed by atoms with Crippen LogP contribution in [0.4, 0.5) is 5.69 Å². The van der Waals surface area contributed by atoms with Crippen LogP contribution < -0.4 is 5.73 Å². The fourth-order valence-corrected chi connectivity index (χ4v) is 1.73. The van der Waals surface area contributed by atoms with Crippen molar-refractivity contribution in [3.63, 3.8) is 0 Å². The van der Waals surface area contributed by atoms with Crippen LogP contribution in [0.2, 0.25) is 0 Å². The predicted octanol–water partition coefficient (Wildman–Crippen LogP) is 1.95. The first-order chi connectivity index (χ1) is 7.06. The van der Waals surface area contributed by atoms with E-state index < -0.39 is 4.92 Å². The summed E-state index contributed by atoms with van der Waals surface area (Å²) in [6.45, 7) is 0.534. The van der Waals surface area contributed by atoms with E-state index in [0.717, 1.165) is 12.0 Å². The quantitative estimate of drug-likeness (QED) is 0.649. The van der Waals surface area contributed by atoms with Gasteiger partial charge < -0.3 is 10.8 Å². The van der Waals surface area contributed by atoms with Gasteiger partial charge in [0.2, 0.25) is 5.75 Å². The third-order valence-electron chi connectivity index (χ3n) is 1.97. The standard InChI is InChI=1S/C9H11BrN2O3/c10-7-4-6(2-1-3-11)5-8(9(7)13)12(14)15/h4-5,13H,1-3,11H2. The van der Waals surface area contributed by atoms with Crippen LogP contribution in [-0.2, 0) is 6.42 Å². The van der Waals surface area contributed by atoms with Gasteiger partial charge in [-0.15, -0.1) is 0 Å². The molecule has 0 fully saturated rings. The molecule has 0 bridgehead atoms. The topological polar surface area (TPSA) is 89.4 Å². The van der Waals surface area contributed by atoms with E-state index in [9.17, 15) is 15.2 Å². The molecule has 15 heavy (non-hydrogen) atoms. The number of phenols is 1. The Labute approximate surface area is 95.2 Å². The highest BCUT2D eigenvalue weighted by atomic mass is 79.9. The van der Waals surface area contributed by atoms with Crippen LogP contribution in [0, 0.1) is 10.1 Å². The second-order valence-electron chi connectivity index (χ2n) is 3.09. The van der Waals surface area contributed by atoms with Gasteiger partial charge in [0.05, 0.1) is 9.40 Å². The third-order valence-corrected chi connectivity index (χ3v) is 2.57. The maximum atomic E-state index is 10.6. The van der Waals surface area contributed by atoms with Gasteiger partial charge in [0.1, 0.15) is 0 Å². The molecule has 0 spiro atoms. The first-order valence-corrected chi connectivity index (χ1v) is 5.21. The SMILES string of the molecule is NCCCc1cc(Br)c(O)c([N+](=O)[O-])c1. The number of aryl methyl sites for hydroxylation is 1. The van der Waals surface area contributed by atoms with Gasteiger partial charge >= 0.3 is 5.69 Å². The Morgan fingerprint density at radius 2 is 2.20 bits per heavy atom. The fraction of sp³-hybridized carbons (Fsp3) is 0.333. The number of hydrogen-bond donors (Lipinski definition) is 2. The number of nitrogens with zero attached hydrogens (tertiary/aromatic N) is 1. The van der Waals surface area contributed by atoms with Crippen molar-refractivity contribution >= 4 is 21.6 Å². The van der Waals surface area contributed by atoms with Crippen molar-refractivity contribution in [1.82, 2.24) is 0 Å². The molecule has 0 aliphatic carbocycles. The number of nitrogens with two attached hydrogens (primary N) is 1. The molecule has 0 unspecified atom stereocenters. The highest BCUT2D eigenvalue weighted by Crippen LogP contribution is 2.35. The number of aromatic hydroxyl groups is 1. The summed E-state index contributed by atoms with van der Waals surface area (Å²) in [5.74, 6) is -0.337. The number of hydrogen-bond acceptors (Lipinski definition) is 4. The summed E-state index contributed by atoms with van der Waals surface area (Å²) in [6, 6.07) is 3.04. The van der Waals surface area contributed by atoms with Gasteiger partial charge in [-0.05, 0) is 46.9 Å². The maximum absolute atomic E-state index is 10.6. The van der Waals surface area contributed by atoms with Gasteiger partial charge in [-0.1, -0.05) is 0 Å². The molecule has 0 heterocycles. The number of rotatable bonds is 4. The van der Waals surface area contributed by atoms with Crippen LogP contribution in [0.25, 0.3) is 0 Å². The summed E-state index contributed by atoms with van der Waals surface area (Å²) in [5, 5.41) is 20.0. The Bertz CT molecular complexity index is 382. The van der Waals surface area contributed by atoms with Gasteiger partial charge in [0.15, 0.2) is 0 Å². The van der Waals surface area contributed by atoms with E-state index in [1.54, 1.807) is 6.07 Å². The van der Waals surface area contributed by atoms with E-state index in [2.05, 4.69) is 15.9 Å². The molecule has 82 valence electrons. The van der Waals surface area contributed by atoms with Gasteiger partial charge in [-0.3, -0.25) is 10.1 Å². The van der Waals surface area contributed by atoms with Crippen molar-refractivity contribution in [1.29, 1.82) is 0 Å². The molecule has 1 aromatic rings. The average Bonchev–Trinajstić information content (AvgIpc) is 2.19. The van der Waals surface area contributed by atoms with Crippen molar-refractivity contribution in [2.75, 3.05) is 6.54 Å². The smallest absolute Gasteiger partial charge is 0.312 e. The summed E-state index contributed by atoms with van der Waals surface area (Å²) in [7, 11) is 0. The zero-order valence-corrected chi connectivity index (χ0v) is 9.53. The third kappa shape index (κ3) is 2.90. The number of nitro groups is 1. The highest BCUT2D eigenvalue weighted by Gasteiger charge is 2.17. The summed E-state index contributed by atoms with van der Waals surface area (Å²) < 4.78 is 0.337. The highest BCUT2D eigenvalue weighted by molar-refractivity contribution is 9.10. The lowest BCUT2D eigenvalue weighted by Gasteiger charge is -2.03. The first kappa shape index (κ1) is 11.9. The lowest BCUT2D eigenvalue weighted by atomic mass is 10.1. The van der Waals surface area contributed by atoms with Crippen LogP contribution >= 0.6 is 15.9 Å². The molecule has 6 heteroatoms. The monoisotopic (exact) mass is 274 g/mol. The summed E-state index contributed by atoms with van der Waals surface area (Å²) in [6.07, 6.45) is 1.42. The predicted molar refractivity (Wildman–Crippen MR) is 59.8 cm³/mol. The van der Waals surface area contributed by atoms with Crippen molar-refractivity contribution in [3.05, 3.63) is 32.3 Å². The Hall–Kier alpha value is -1.14.